The van der Waals surface area contributed by atoms with E-state index in [0.29, 0.717) is 10.2 Å². The lowest BCUT2D eigenvalue weighted by Crippen LogP contribution is -2.06. The number of pyridine rings is 1. The summed E-state index contributed by atoms with van der Waals surface area (Å²) in [6.07, 6.45) is -2.68. The molecule has 0 amide bonds. The summed E-state index contributed by atoms with van der Waals surface area (Å²) in [5.41, 5.74) is 10.6. The summed E-state index contributed by atoms with van der Waals surface area (Å²) >= 11 is 3.05. The number of hydrogen-bond donors (Lipinski definition) is 2. The molecule has 0 aliphatic carbocycles. The zero-order valence-electron chi connectivity index (χ0n) is 6.60. The largest absolute Gasteiger partial charge is 0.396 e. The van der Waals surface area contributed by atoms with Crippen molar-refractivity contribution in [2.24, 2.45) is 5.73 Å². The van der Waals surface area contributed by atoms with E-state index in [-0.39, 0.29) is 12.2 Å². The van der Waals surface area contributed by atoms with Crippen molar-refractivity contribution in [3.8, 4) is 0 Å². The van der Waals surface area contributed by atoms with Crippen molar-refractivity contribution in [3.05, 3.63) is 21.9 Å². The SMILES string of the molecule is NCc1cc(Br)c(N)c(C(F)F)n1. The molecule has 0 bridgehead atoms. The molecule has 1 heterocycles. The van der Waals surface area contributed by atoms with Crippen LogP contribution in [0.3, 0.4) is 0 Å². The molecular weight excluding hydrogens is 244 g/mol. The summed E-state index contributed by atoms with van der Waals surface area (Å²) in [5, 5.41) is 0. The molecule has 72 valence electrons. The molecule has 0 spiro atoms. The molecule has 0 radical (unpaired) electrons. The van der Waals surface area contributed by atoms with Crippen molar-refractivity contribution in [1.82, 2.24) is 4.98 Å². The van der Waals surface area contributed by atoms with Gasteiger partial charge in [0.1, 0.15) is 5.69 Å². The number of alkyl halides is 2. The minimum absolute atomic E-state index is 0.0350. The van der Waals surface area contributed by atoms with Crippen LogP contribution in [0.5, 0.6) is 0 Å². The number of nitrogens with two attached hydrogens (primary N) is 2. The Bertz CT molecular complexity index is 317. The zero-order chi connectivity index (χ0) is 10.0. The lowest BCUT2D eigenvalue weighted by atomic mass is 10.2. The van der Waals surface area contributed by atoms with Crippen LogP contribution in [-0.4, -0.2) is 4.98 Å². The Morgan fingerprint density at radius 2 is 2.15 bits per heavy atom. The van der Waals surface area contributed by atoms with Gasteiger partial charge in [-0.3, -0.25) is 0 Å². The zero-order valence-corrected chi connectivity index (χ0v) is 8.18. The number of nitrogens with zero attached hydrogens (tertiary/aromatic N) is 1. The Kier molecular flexibility index (Phi) is 3.16. The van der Waals surface area contributed by atoms with Crippen molar-refractivity contribution in [3.63, 3.8) is 0 Å². The van der Waals surface area contributed by atoms with Crippen LogP contribution in [0.15, 0.2) is 10.5 Å². The molecule has 0 unspecified atom stereocenters. The molecule has 0 saturated carbocycles. The van der Waals surface area contributed by atoms with E-state index in [1.807, 2.05) is 0 Å². The second kappa shape index (κ2) is 3.97. The van der Waals surface area contributed by atoms with Crippen LogP contribution < -0.4 is 11.5 Å². The Balaban J connectivity index is 3.25. The lowest BCUT2D eigenvalue weighted by Gasteiger charge is -2.07. The van der Waals surface area contributed by atoms with Crippen molar-refractivity contribution >= 4 is 21.6 Å². The standard InChI is InChI=1S/C7H8BrF2N3/c8-4-1-3(2-11)13-6(5(4)12)7(9)10/h1,7H,2,11-12H2. The molecular formula is C7H8BrF2N3. The maximum atomic E-state index is 12.3. The van der Waals surface area contributed by atoms with E-state index in [1.54, 1.807) is 0 Å². The third-order valence-electron chi connectivity index (χ3n) is 1.51. The second-order valence-electron chi connectivity index (χ2n) is 2.40. The highest BCUT2D eigenvalue weighted by Gasteiger charge is 2.16. The first-order valence-corrected chi connectivity index (χ1v) is 4.28. The molecule has 1 aromatic rings. The smallest absolute Gasteiger partial charge is 0.282 e. The second-order valence-corrected chi connectivity index (χ2v) is 3.25. The van der Waals surface area contributed by atoms with Gasteiger partial charge in [-0.15, -0.1) is 0 Å². The third kappa shape index (κ3) is 2.13. The normalized spacial score (nSPS) is 10.8. The summed E-state index contributed by atoms with van der Waals surface area (Å²) in [5.74, 6) is 0. The molecule has 0 aliphatic rings. The number of aromatic nitrogens is 1. The topological polar surface area (TPSA) is 64.9 Å². The van der Waals surface area contributed by atoms with Gasteiger partial charge in [-0.1, -0.05) is 0 Å². The fourth-order valence-corrected chi connectivity index (χ4v) is 1.33. The van der Waals surface area contributed by atoms with Crippen LogP contribution in [0.2, 0.25) is 0 Å². The van der Waals surface area contributed by atoms with E-state index >= 15 is 0 Å². The van der Waals surface area contributed by atoms with Gasteiger partial charge in [0.05, 0.1) is 11.4 Å². The molecule has 0 atom stereocenters. The Hall–Kier alpha value is -0.750. The van der Waals surface area contributed by atoms with Gasteiger partial charge in [-0.05, 0) is 22.0 Å². The van der Waals surface area contributed by atoms with Crippen LogP contribution in [0.25, 0.3) is 0 Å². The minimum atomic E-state index is -2.68. The van der Waals surface area contributed by atoms with Gasteiger partial charge in [0.15, 0.2) is 0 Å². The summed E-state index contributed by atoms with van der Waals surface area (Å²) in [6, 6.07) is 1.53. The fraction of sp³-hybridized carbons (Fsp3) is 0.286. The van der Waals surface area contributed by atoms with Crippen LogP contribution in [0.1, 0.15) is 17.8 Å². The summed E-state index contributed by atoms with van der Waals surface area (Å²) in [4.78, 5) is 3.62. The molecule has 0 saturated heterocycles. The van der Waals surface area contributed by atoms with Crippen LogP contribution in [-0.2, 0) is 6.54 Å². The van der Waals surface area contributed by atoms with E-state index in [1.165, 1.54) is 6.07 Å². The highest BCUT2D eigenvalue weighted by Crippen LogP contribution is 2.29. The molecule has 0 fully saturated rings. The van der Waals surface area contributed by atoms with E-state index < -0.39 is 12.1 Å². The Labute approximate surface area is 82.3 Å². The molecule has 6 heteroatoms. The van der Waals surface area contributed by atoms with Gasteiger partial charge in [-0.2, -0.15) is 0 Å². The van der Waals surface area contributed by atoms with Crippen LogP contribution in [0.4, 0.5) is 14.5 Å². The molecule has 1 rings (SSSR count). The average molecular weight is 252 g/mol. The molecule has 4 N–H and O–H groups in total. The monoisotopic (exact) mass is 251 g/mol. The number of rotatable bonds is 2. The van der Waals surface area contributed by atoms with Crippen molar-refractivity contribution in [1.29, 1.82) is 0 Å². The van der Waals surface area contributed by atoms with E-state index in [9.17, 15) is 8.78 Å². The summed E-state index contributed by atoms with van der Waals surface area (Å²) < 4.78 is 25.0. The number of hydrogen-bond acceptors (Lipinski definition) is 3. The van der Waals surface area contributed by atoms with E-state index in [2.05, 4.69) is 20.9 Å². The fourth-order valence-electron chi connectivity index (χ4n) is 0.865. The summed E-state index contributed by atoms with van der Waals surface area (Å²) in [6.45, 7) is 0.110. The van der Waals surface area contributed by atoms with Crippen molar-refractivity contribution in [2.45, 2.75) is 13.0 Å². The average Bonchev–Trinajstić information content (AvgIpc) is 2.09. The molecule has 3 nitrogen and oxygen atoms in total. The van der Waals surface area contributed by atoms with Gasteiger partial charge >= 0.3 is 0 Å². The first-order chi connectivity index (χ1) is 6.06. The van der Waals surface area contributed by atoms with Gasteiger partial charge in [-0.25, -0.2) is 13.8 Å². The Morgan fingerprint density at radius 3 is 2.62 bits per heavy atom. The van der Waals surface area contributed by atoms with Crippen molar-refractivity contribution in [2.75, 3.05) is 5.73 Å². The predicted molar refractivity (Wildman–Crippen MR) is 49.2 cm³/mol. The van der Waals surface area contributed by atoms with E-state index in [4.69, 9.17) is 11.5 Å². The minimum Gasteiger partial charge on any atom is -0.396 e. The maximum absolute atomic E-state index is 12.3. The Morgan fingerprint density at radius 1 is 1.54 bits per heavy atom. The van der Waals surface area contributed by atoms with E-state index in [0.717, 1.165) is 0 Å². The molecule has 0 aromatic carbocycles. The first-order valence-electron chi connectivity index (χ1n) is 3.49. The van der Waals surface area contributed by atoms with Crippen LogP contribution >= 0.6 is 15.9 Å². The highest BCUT2D eigenvalue weighted by atomic mass is 79.9. The number of anilines is 1. The number of halogens is 3. The van der Waals surface area contributed by atoms with Gasteiger partial charge in [0.25, 0.3) is 6.43 Å². The quantitative estimate of drug-likeness (QED) is 0.843. The molecule has 13 heavy (non-hydrogen) atoms. The predicted octanol–water partition coefficient (Wildman–Crippen LogP) is 1.82. The van der Waals surface area contributed by atoms with Crippen molar-refractivity contribution < 1.29 is 8.78 Å². The first kappa shape index (κ1) is 10.3. The molecule has 0 aliphatic heterocycles. The molecule has 1 aromatic heterocycles. The van der Waals surface area contributed by atoms with Crippen LogP contribution in [0, 0.1) is 0 Å². The lowest BCUT2D eigenvalue weighted by molar-refractivity contribution is 0.146. The highest BCUT2D eigenvalue weighted by molar-refractivity contribution is 9.10. The third-order valence-corrected chi connectivity index (χ3v) is 2.16. The van der Waals surface area contributed by atoms with Gasteiger partial charge < -0.3 is 11.5 Å². The van der Waals surface area contributed by atoms with Gasteiger partial charge in [0, 0.05) is 11.0 Å². The number of nitrogen functional groups attached to an aromatic ring is 1. The maximum Gasteiger partial charge on any atom is 0.282 e. The van der Waals surface area contributed by atoms with Gasteiger partial charge in [0.2, 0.25) is 0 Å². The summed E-state index contributed by atoms with van der Waals surface area (Å²) in [7, 11) is 0.